The van der Waals surface area contributed by atoms with E-state index >= 15 is 0 Å². The normalized spacial score (nSPS) is 10.4. The second-order valence-electron chi connectivity index (χ2n) is 4.30. The summed E-state index contributed by atoms with van der Waals surface area (Å²) >= 11 is 0. The van der Waals surface area contributed by atoms with Crippen LogP contribution in [0, 0.1) is 0 Å². The van der Waals surface area contributed by atoms with E-state index in [0.29, 0.717) is 13.1 Å². The minimum Gasteiger partial charge on any atom is -0.399 e. The minimum atomic E-state index is -0.0284. The highest BCUT2D eigenvalue weighted by molar-refractivity contribution is 5.74. The van der Waals surface area contributed by atoms with Gasteiger partial charge >= 0.3 is 6.03 Å². The van der Waals surface area contributed by atoms with Crippen LogP contribution in [0.5, 0.6) is 0 Å². The second-order valence-corrected chi connectivity index (χ2v) is 4.30. The fourth-order valence-electron chi connectivity index (χ4n) is 1.56. The number of carbonyl (C=O) groups is 1. The monoisotopic (exact) mass is 235 g/mol. The molecule has 94 valence electrons. The standard InChI is InChI=1S/C13H21N3O/c1-4-15-13(17)16(10(2)3)9-11-5-7-12(14)8-6-11/h5-8,10H,4,9,14H2,1-3H3,(H,15,17). The number of rotatable bonds is 4. The van der Waals surface area contributed by atoms with Crippen LogP contribution in [-0.2, 0) is 6.54 Å². The van der Waals surface area contributed by atoms with Crippen molar-refractivity contribution < 1.29 is 4.79 Å². The fraction of sp³-hybridized carbons (Fsp3) is 0.462. The lowest BCUT2D eigenvalue weighted by molar-refractivity contribution is 0.180. The van der Waals surface area contributed by atoms with E-state index in [1.807, 2.05) is 45.0 Å². The Balaban J connectivity index is 2.73. The Morgan fingerprint density at radius 2 is 1.94 bits per heavy atom. The number of hydrogen-bond donors (Lipinski definition) is 2. The van der Waals surface area contributed by atoms with Crippen LogP contribution in [0.3, 0.4) is 0 Å². The highest BCUT2D eigenvalue weighted by atomic mass is 16.2. The molecule has 0 saturated carbocycles. The highest BCUT2D eigenvalue weighted by Crippen LogP contribution is 2.11. The first-order chi connectivity index (χ1) is 8.04. The van der Waals surface area contributed by atoms with Crippen molar-refractivity contribution in [2.75, 3.05) is 12.3 Å². The lowest BCUT2D eigenvalue weighted by Crippen LogP contribution is -2.43. The molecule has 0 aliphatic rings. The summed E-state index contributed by atoms with van der Waals surface area (Å²) in [4.78, 5) is 13.6. The van der Waals surface area contributed by atoms with Crippen LogP contribution in [0.1, 0.15) is 26.3 Å². The van der Waals surface area contributed by atoms with Gasteiger partial charge in [-0.1, -0.05) is 12.1 Å². The number of carbonyl (C=O) groups excluding carboxylic acids is 1. The van der Waals surface area contributed by atoms with E-state index in [1.165, 1.54) is 0 Å². The molecule has 0 aromatic heterocycles. The second kappa shape index (κ2) is 6.13. The molecule has 1 rings (SSSR count). The van der Waals surface area contributed by atoms with Crippen LogP contribution >= 0.6 is 0 Å². The van der Waals surface area contributed by atoms with Crippen LogP contribution in [0.4, 0.5) is 10.5 Å². The van der Waals surface area contributed by atoms with E-state index in [0.717, 1.165) is 11.3 Å². The highest BCUT2D eigenvalue weighted by Gasteiger charge is 2.16. The summed E-state index contributed by atoms with van der Waals surface area (Å²) in [5.41, 5.74) is 7.45. The Kier molecular flexibility index (Phi) is 4.82. The van der Waals surface area contributed by atoms with Crippen LogP contribution < -0.4 is 11.1 Å². The number of nitrogens with two attached hydrogens (primary N) is 1. The molecule has 0 spiro atoms. The maximum atomic E-state index is 11.8. The number of nitrogen functional groups attached to an aromatic ring is 1. The Hall–Kier alpha value is -1.71. The van der Waals surface area contributed by atoms with Crippen molar-refractivity contribution in [1.29, 1.82) is 0 Å². The largest absolute Gasteiger partial charge is 0.399 e. The Bertz CT molecular complexity index is 359. The fourth-order valence-corrected chi connectivity index (χ4v) is 1.56. The number of anilines is 1. The number of amides is 2. The number of urea groups is 1. The summed E-state index contributed by atoms with van der Waals surface area (Å²) in [5, 5.41) is 2.82. The van der Waals surface area contributed by atoms with Gasteiger partial charge in [0.2, 0.25) is 0 Å². The number of hydrogen-bond acceptors (Lipinski definition) is 2. The SMILES string of the molecule is CCNC(=O)N(Cc1ccc(N)cc1)C(C)C. The van der Waals surface area contributed by atoms with Crippen LogP contribution in [0.2, 0.25) is 0 Å². The number of benzene rings is 1. The summed E-state index contributed by atoms with van der Waals surface area (Å²) in [6.45, 7) is 7.17. The number of nitrogens with zero attached hydrogens (tertiary/aromatic N) is 1. The molecule has 0 fully saturated rings. The van der Waals surface area contributed by atoms with Crippen molar-refractivity contribution in [3.8, 4) is 0 Å². The van der Waals surface area contributed by atoms with Gasteiger partial charge in [0, 0.05) is 24.8 Å². The van der Waals surface area contributed by atoms with Crippen molar-refractivity contribution >= 4 is 11.7 Å². The molecule has 4 nitrogen and oxygen atoms in total. The Labute approximate surface area is 103 Å². The maximum Gasteiger partial charge on any atom is 0.317 e. The van der Waals surface area contributed by atoms with Crippen molar-refractivity contribution in [3.05, 3.63) is 29.8 Å². The molecule has 1 aromatic carbocycles. The van der Waals surface area contributed by atoms with Crippen molar-refractivity contribution in [2.45, 2.75) is 33.4 Å². The lowest BCUT2D eigenvalue weighted by Gasteiger charge is -2.26. The molecular formula is C13H21N3O. The van der Waals surface area contributed by atoms with Gasteiger partial charge in [0.25, 0.3) is 0 Å². The van der Waals surface area contributed by atoms with Gasteiger partial charge in [-0.3, -0.25) is 0 Å². The molecule has 0 aliphatic heterocycles. The molecule has 17 heavy (non-hydrogen) atoms. The third-order valence-electron chi connectivity index (χ3n) is 2.54. The number of nitrogens with one attached hydrogen (secondary N) is 1. The molecule has 0 unspecified atom stereocenters. The average molecular weight is 235 g/mol. The van der Waals surface area contributed by atoms with E-state index in [-0.39, 0.29) is 12.1 Å². The summed E-state index contributed by atoms with van der Waals surface area (Å²) < 4.78 is 0. The van der Waals surface area contributed by atoms with Crippen molar-refractivity contribution in [1.82, 2.24) is 10.2 Å². The third kappa shape index (κ3) is 3.98. The van der Waals surface area contributed by atoms with Gasteiger partial charge in [0.1, 0.15) is 0 Å². The molecule has 1 aromatic rings. The van der Waals surface area contributed by atoms with Crippen LogP contribution in [0.15, 0.2) is 24.3 Å². The smallest absolute Gasteiger partial charge is 0.317 e. The van der Waals surface area contributed by atoms with E-state index < -0.39 is 0 Å². The van der Waals surface area contributed by atoms with E-state index in [2.05, 4.69) is 5.32 Å². The quantitative estimate of drug-likeness (QED) is 0.786. The van der Waals surface area contributed by atoms with Gasteiger partial charge in [0.05, 0.1) is 0 Å². The zero-order valence-corrected chi connectivity index (χ0v) is 10.7. The first-order valence-corrected chi connectivity index (χ1v) is 5.93. The maximum absolute atomic E-state index is 11.8. The van der Waals surface area contributed by atoms with Gasteiger partial charge in [-0.05, 0) is 38.5 Å². The van der Waals surface area contributed by atoms with E-state index in [9.17, 15) is 4.79 Å². The van der Waals surface area contributed by atoms with Crippen LogP contribution in [0.25, 0.3) is 0 Å². The molecule has 0 atom stereocenters. The molecule has 4 heteroatoms. The molecule has 3 N–H and O–H groups in total. The zero-order valence-electron chi connectivity index (χ0n) is 10.7. The summed E-state index contributed by atoms with van der Waals surface area (Å²) in [6.07, 6.45) is 0. The molecule has 0 saturated heterocycles. The van der Waals surface area contributed by atoms with Gasteiger partial charge in [-0.25, -0.2) is 4.79 Å². The zero-order chi connectivity index (χ0) is 12.8. The van der Waals surface area contributed by atoms with Gasteiger partial charge in [-0.2, -0.15) is 0 Å². The first kappa shape index (κ1) is 13.4. The molecule has 2 amide bonds. The lowest BCUT2D eigenvalue weighted by atomic mass is 10.2. The topological polar surface area (TPSA) is 58.4 Å². The van der Waals surface area contributed by atoms with Gasteiger partial charge in [-0.15, -0.1) is 0 Å². The molecule has 0 bridgehead atoms. The Morgan fingerprint density at radius 1 is 1.35 bits per heavy atom. The van der Waals surface area contributed by atoms with Gasteiger partial charge < -0.3 is 16.0 Å². The Morgan fingerprint density at radius 3 is 2.41 bits per heavy atom. The minimum absolute atomic E-state index is 0.0284. The van der Waals surface area contributed by atoms with E-state index in [4.69, 9.17) is 5.73 Å². The molecular weight excluding hydrogens is 214 g/mol. The summed E-state index contributed by atoms with van der Waals surface area (Å²) in [7, 11) is 0. The summed E-state index contributed by atoms with van der Waals surface area (Å²) in [6, 6.07) is 7.74. The average Bonchev–Trinajstić information content (AvgIpc) is 2.28. The third-order valence-corrected chi connectivity index (χ3v) is 2.54. The summed E-state index contributed by atoms with van der Waals surface area (Å²) in [5.74, 6) is 0. The van der Waals surface area contributed by atoms with E-state index in [1.54, 1.807) is 4.90 Å². The predicted octanol–water partition coefficient (Wildman–Crippen LogP) is 2.21. The molecule has 0 radical (unpaired) electrons. The molecule has 0 aliphatic carbocycles. The van der Waals surface area contributed by atoms with Crippen molar-refractivity contribution in [3.63, 3.8) is 0 Å². The van der Waals surface area contributed by atoms with Gasteiger partial charge in [0.15, 0.2) is 0 Å². The van der Waals surface area contributed by atoms with Crippen LogP contribution in [-0.4, -0.2) is 23.5 Å². The predicted molar refractivity (Wildman–Crippen MR) is 70.6 cm³/mol. The first-order valence-electron chi connectivity index (χ1n) is 5.93. The molecule has 0 heterocycles. The van der Waals surface area contributed by atoms with Crippen molar-refractivity contribution in [2.24, 2.45) is 0 Å².